The predicted octanol–water partition coefficient (Wildman–Crippen LogP) is 2.93. The van der Waals surface area contributed by atoms with Crippen LogP contribution in [0.2, 0.25) is 10.0 Å². The highest BCUT2D eigenvalue weighted by atomic mass is 35.5. The number of ether oxygens (including phenoxy) is 1. The molecule has 0 unspecified atom stereocenters. The third-order valence-corrected chi connectivity index (χ3v) is 7.58. The lowest BCUT2D eigenvalue weighted by molar-refractivity contribution is -0.152. The predicted molar refractivity (Wildman–Crippen MR) is 113 cm³/mol. The van der Waals surface area contributed by atoms with Crippen LogP contribution in [0.3, 0.4) is 0 Å². The van der Waals surface area contributed by atoms with Gasteiger partial charge in [0, 0.05) is 23.6 Å². The van der Waals surface area contributed by atoms with E-state index >= 15 is 0 Å². The number of aromatic nitrogens is 2. The summed E-state index contributed by atoms with van der Waals surface area (Å²) in [5, 5.41) is 20.2. The summed E-state index contributed by atoms with van der Waals surface area (Å²) in [7, 11) is 0. The molecule has 0 bridgehead atoms. The summed E-state index contributed by atoms with van der Waals surface area (Å²) < 4.78 is 5.99. The van der Waals surface area contributed by atoms with E-state index in [1.165, 1.54) is 11.8 Å². The number of hydrogen-bond acceptors (Lipinski definition) is 6. The fourth-order valence-corrected chi connectivity index (χ4v) is 6.00. The van der Waals surface area contributed by atoms with Crippen molar-refractivity contribution < 1.29 is 24.5 Å². The van der Waals surface area contributed by atoms with Crippen molar-refractivity contribution in [3.05, 3.63) is 46.2 Å². The highest BCUT2D eigenvalue weighted by molar-refractivity contribution is 7.99. The number of nitrogens with zero attached hydrogens (tertiary/aromatic N) is 1. The smallest absolute Gasteiger partial charge is 0.326 e. The fourth-order valence-electron chi connectivity index (χ4n) is 4.24. The number of aromatic amines is 1. The van der Waals surface area contributed by atoms with Crippen molar-refractivity contribution in [2.45, 2.75) is 28.7 Å². The minimum absolute atomic E-state index is 0. The van der Waals surface area contributed by atoms with Crippen molar-refractivity contribution in [3.8, 4) is 0 Å². The first kappa shape index (κ1) is 23.2. The number of thioether (sulfide) groups is 1. The van der Waals surface area contributed by atoms with E-state index in [1.807, 2.05) is 0 Å². The number of carboxylic acid groups (broad SMARTS) is 2. The zero-order valence-electron chi connectivity index (χ0n) is 15.2. The van der Waals surface area contributed by atoms with Crippen molar-refractivity contribution in [2.75, 3.05) is 0 Å². The van der Waals surface area contributed by atoms with E-state index < -0.39 is 46.6 Å². The number of fused-ring (bicyclic) bond motifs is 1. The van der Waals surface area contributed by atoms with Gasteiger partial charge in [-0.05, 0) is 23.6 Å². The van der Waals surface area contributed by atoms with Crippen molar-refractivity contribution in [2.24, 2.45) is 23.5 Å². The number of H-pyrrole nitrogens is 1. The molecule has 1 aromatic carbocycles. The molecule has 2 aliphatic carbocycles. The Bertz CT molecular complexity index is 963. The van der Waals surface area contributed by atoms with Crippen molar-refractivity contribution in [1.29, 1.82) is 0 Å². The quantitative estimate of drug-likeness (QED) is 0.461. The molecule has 1 heterocycles. The van der Waals surface area contributed by atoms with Crippen molar-refractivity contribution in [1.82, 2.24) is 9.97 Å². The molecule has 0 spiro atoms. The standard InChI is InChI=1S/C18H17Cl2N3O5S.ClH/c19-8-2-1-7(5-9(8)20)6-28-14-13(29-17-22-3-4-23-17)10-11(15(24)25)12(10)18(14,21)16(26)27;/h1-5,10-14H,6,21H2,(H,22,23)(H,24,25)(H,26,27);1H/t10-,11-,12-,13-,14+,18+;/m0./s1. The molecule has 2 fully saturated rings. The Balaban J connectivity index is 0.00000256. The number of benzene rings is 1. The second kappa shape index (κ2) is 8.57. The van der Waals surface area contributed by atoms with Gasteiger partial charge in [0.1, 0.15) is 5.54 Å². The molecule has 2 aliphatic rings. The summed E-state index contributed by atoms with van der Waals surface area (Å²) in [4.78, 5) is 30.9. The number of nitrogens with two attached hydrogens (primary N) is 1. The van der Waals surface area contributed by atoms with Gasteiger partial charge >= 0.3 is 11.9 Å². The lowest BCUT2D eigenvalue weighted by atomic mass is 9.88. The molecule has 8 nitrogen and oxygen atoms in total. The number of carboxylic acids is 2. The SMILES string of the molecule is Cl.N[C@]1(C(=O)O)[C@@H]2[C@@H](C(=O)O)[C@@H]2[C@H](Sc2ncc[nH]2)[C@H]1OCc1ccc(Cl)c(Cl)c1. The molecular formula is C18H18Cl3N3O5S. The lowest BCUT2D eigenvalue weighted by Crippen LogP contribution is -2.61. The van der Waals surface area contributed by atoms with Crippen LogP contribution in [0.25, 0.3) is 0 Å². The van der Waals surface area contributed by atoms with Gasteiger partial charge in [0.25, 0.3) is 0 Å². The summed E-state index contributed by atoms with van der Waals surface area (Å²) >= 11 is 13.2. The Labute approximate surface area is 191 Å². The molecular weight excluding hydrogens is 477 g/mol. The van der Waals surface area contributed by atoms with E-state index in [1.54, 1.807) is 30.6 Å². The first-order valence-electron chi connectivity index (χ1n) is 8.71. The Hall–Kier alpha value is -1.49. The Morgan fingerprint density at radius 3 is 2.60 bits per heavy atom. The van der Waals surface area contributed by atoms with E-state index in [0.717, 1.165) is 0 Å². The molecule has 1 aromatic heterocycles. The zero-order valence-corrected chi connectivity index (χ0v) is 18.3. The molecule has 162 valence electrons. The van der Waals surface area contributed by atoms with Gasteiger partial charge in [-0.1, -0.05) is 41.0 Å². The maximum Gasteiger partial charge on any atom is 0.326 e. The number of nitrogens with one attached hydrogen (secondary N) is 1. The molecule has 2 saturated carbocycles. The van der Waals surface area contributed by atoms with E-state index in [2.05, 4.69) is 9.97 Å². The topological polar surface area (TPSA) is 139 Å². The summed E-state index contributed by atoms with van der Waals surface area (Å²) in [5.41, 5.74) is 5.19. The minimum Gasteiger partial charge on any atom is -0.481 e. The maximum absolute atomic E-state index is 12.1. The van der Waals surface area contributed by atoms with Crippen molar-refractivity contribution >= 4 is 59.3 Å². The van der Waals surface area contributed by atoms with Gasteiger partial charge in [0.05, 0.1) is 28.7 Å². The largest absolute Gasteiger partial charge is 0.481 e. The third-order valence-electron chi connectivity index (χ3n) is 5.57. The molecule has 2 aromatic rings. The third kappa shape index (κ3) is 3.79. The Morgan fingerprint density at radius 2 is 2.03 bits per heavy atom. The number of imidazole rings is 1. The van der Waals surface area contributed by atoms with Crippen LogP contribution in [0.4, 0.5) is 0 Å². The van der Waals surface area contributed by atoms with Crippen LogP contribution in [-0.4, -0.2) is 49.0 Å². The number of rotatable bonds is 7. The van der Waals surface area contributed by atoms with Crippen LogP contribution in [0, 0.1) is 17.8 Å². The van der Waals surface area contributed by atoms with Crippen LogP contribution in [0.1, 0.15) is 5.56 Å². The molecule has 12 heteroatoms. The monoisotopic (exact) mass is 493 g/mol. The van der Waals surface area contributed by atoms with Gasteiger partial charge in [0.15, 0.2) is 5.16 Å². The van der Waals surface area contributed by atoms with Crippen LogP contribution in [0.5, 0.6) is 0 Å². The number of carbonyl (C=O) groups is 2. The molecule has 0 amide bonds. The van der Waals surface area contributed by atoms with Crippen LogP contribution < -0.4 is 5.73 Å². The average Bonchev–Trinajstić information content (AvgIpc) is 3.12. The average molecular weight is 495 g/mol. The number of halogens is 3. The molecule has 0 radical (unpaired) electrons. The second-order valence-corrected chi connectivity index (χ2v) is 9.14. The van der Waals surface area contributed by atoms with Crippen LogP contribution in [-0.2, 0) is 20.9 Å². The molecule has 30 heavy (non-hydrogen) atoms. The van der Waals surface area contributed by atoms with Gasteiger partial charge in [-0.15, -0.1) is 12.4 Å². The van der Waals surface area contributed by atoms with E-state index in [0.29, 0.717) is 20.8 Å². The summed E-state index contributed by atoms with van der Waals surface area (Å²) in [5.74, 6) is -4.30. The van der Waals surface area contributed by atoms with Crippen LogP contribution in [0.15, 0.2) is 35.7 Å². The second-order valence-electron chi connectivity index (χ2n) is 7.16. The van der Waals surface area contributed by atoms with E-state index in [4.69, 9.17) is 33.7 Å². The van der Waals surface area contributed by atoms with Crippen molar-refractivity contribution in [3.63, 3.8) is 0 Å². The Kier molecular flexibility index (Phi) is 6.62. The molecule has 5 N–H and O–H groups in total. The van der Waals surface area contributed by atoms with Gasteiger partial charge in [-0.25, -0.2) is 4.98 Å². The fraction of sp³-hybridized carbons (Fsp3) is 0.389. The summed E-state index contributed by atoms with van der Waals surface area (Å²) in [6, 6.07) is 4.97. The lowest BCUT2D eigenvalue weighted by Gasteiger charge is -2.34. The molecule has 6 atom stereocenters. The summed E-state index contributed by atoms with van der Waals surface area (Å²) in [6.07, 6.45) is 2.28. The number of aliphatic carboxylic acids is 2. The molecule has 4 rings (SSSR count). The van der Waals surface area contributed by atoms with E-state index in [9.17, 15) is 19.8 Å². The highest BCUT2D eigenvalue weighted by Crippen LogP contribution is 2.65. The van der Waals surface area contributed by atoms with Gasteiger partial charge in [0.2, 0.25) is 0 Å². The first-order valence-corrected chi connectivity index (χ1v) is 10.3. The Morgan fingerprint density at radius 1 is 1.30 bits per heavy atom. The summed E-state index contributed by atoms with van der Waals surface area (Å²) in [6.45, 7) is 0.0557. The maximum atomic E-state index is 12.1. The molecule has 0 saturated heterocycles. The zero-order chi connectivity index (χ0) is 20.9. The van der Waals surface area contributed by atoms with Gasteiger partial charge in [-0.3, -0.25) is 9.59 Å². The van der Waals surface area contributed by atoms with Gasteiger partial charge in [-0.2, -0.15) is 0 Å². The minimum atomic E-state index is -1.83. The first-order chi connectivity index (χ1) is 13.7. The normalized spacial score (nSPS) is 31.6. The molecule has 0 aliphatic heterocycles. The number of hydrogen-bond donors (Lipinski definition) is 4. The van der Waals surface area contributed by atoms with Crippen LogP contribution >= 0.6 is 47.4 Å². The highest BCUT2D eigenvalue weighted by Gasteiger charge is 2.78. The van der Waals surface area contributed by atoms with Gasteiger partial charge < -0.3 is 25.7 Å². The van der Waals surface area contributed by atoms with E-state index in [-0.39, 0.29) is 19.0 Å².